The summed E-state index contributed by atoms with van der Waals surface area (Å²) in [5, 5.41) is 0. The van der Waals surface area contributed by atoms with E-state index in [0.29, 0.717) is 19.7 Å². The second kappa shape index (κ2) is 11.9. The number of carbonyl (C=O) groups is 1. The summed E-state index contributed by atoms with van der Waals surface area (Å²) >= 11 is 0. The summed E-state index contributed by atoms with van der Waals surface area (Å²) in [6.07, 6.45) is 2.21. The van der Waals surface area contributed by atoms with E-state index in [-0.39, 0.29) is 12.5 Å². The Kier molecular flexibility index (Phi) is 7.71. The van der Waals surface area contributed by atoms with E-state index in [1.807, 2.05) is 41.3 Å². The van der Waals surface area contributed by atoms with Crippen molar-refractivity contribution in [1.29, 1.82) is 0 Å². The number of aromatic nitrogens is 2. The second-order valence-electron chi connectivity index (χ2n) is 10.4. The Bertz CT molecular complexity index is 1590. The molecule has 6 nitrogen and oxygen atoms in total. The Morgan fingerprint density at radius 3 is 2.27 bits per heavy atom. The van der Waals surface area contributed by atoms with Crippen LogP contribution in [-0.2, 0) is 22.7 Å². The summed E-state index contributed by atoms with van der Waals surface area (Å²) in [6.45, 7) is 6.45. The number of rotatable bonds is 8. The van der Waals surface area contributed by atoms with E-state index in [0.717, 1.165) is 42.1 Å². The normalized spacial score (nSPS) is 14.1. The fraction of sp³-hybridized carbons (Fsp3) is 0.235. The highest BCUT2D eigenvalue weighted by atomic mass is 16.5. The van der Waals surface area contributed by atoms with E-state index in [1.54, 1.807) is 0 Å². The highest BCUT2D eigenvalue weighted by Crippen LogP contribution is 2.29. The average Bonchev–Trinajstić information content (AvgIpc) is 3.36. The second-order valence-corrected chi connectivity index (χ2v) is 10.4. The van der Waals surface area contributed by atoms with Crippen molar-refractivity contribution in [2.45, 2.75) is 20.1 Å². The van der Waals surface area contributed by atoms with Crippen molar-refractivity contribution in [3.05, 3.63) is 120 Å². The summed E-state index contributed by atoms with van der Waals surface area (Å²) in [5.74, 6) is 0.0538. The zero-order valence-corrected chi connectivity index (χ0v) is 22.9. The molecule has 1 saturated heterocycles. The fourth-order valence-corrected chi connectivity index (χ4v) is 5.36. The summed E-state index contributed by atoms with van der Waals surface area (Å²) in [4.78, 5) is 22.2. The van der Waals surface area contributed by atoms with Crippen molar-refractivity contribution in [2.24, 2.45) is 0 Å². The number of benzene rings is 3. The highest BCUT2D eigenvalue weighted by molar-refractivity contribution is 5.77. The van der Waals surface area contributed by atoms with Crippen LogP contribution in [-0.4, -0.2) is 57.9 Å². The fourth-order valence-electron chi connectivity index (χ4n) is 5.36. The van der Waals surface area contributed by atoms with Crippen molar-refractivity contribution >= 4 is 11.6 Å². The molecule has 2 aromatic heterocycles. The van der Waals surface area contributed by atoms with Crippen molar-refractivity contribution in [3.63, 3.8) is 0 Å². The molecule has 0 bridgehead atoms. The van der Waals surface area contributed by atoms with Gasteiger partial charge in [0.05, 0.1) is 18.0 Å². The molecule has 1 aliphatic rings. The number of amides is 1. The van der Waals surface area contributed by atoms with E-state index in [4.69, 9.17) is 9.72 Å². The van der Waals surface area contributed by atoms with Crippen LogP contribution >= 0.6 is 0 Å². The highest BCUT2D eigenvalue weighted by Gasteiger charge is 2.24. The van der Waals surface area contributed by atoms with Crippen LogP contribution in [0.25, 0.3) is 28.0 Å². The predicted molar refractivity (Wildman–Crippen MR) is 159 cm³/mol. The van der Waals surface area contributed by atoms with Gasteiger partial charge in [0.25, 0.3) is 0 Å². The number of aryl methyl sites for hydroxylation is 1. The molecule has 6 heteroatoms. The van der Waals surface area contributed by atoms with Gasteiger partial charge in [-0.15, -0.1) is 0 Å². The van der Waals surface area contributed by atoms with Crippen molar-refractivity contribution in [1.82, 2.24) is 19.2 Å². The van der Waals surface area contributed by atoms with Crippen molar-refractivity contribution in [3.8, 4) is 22.4 Å². The topological polar surface area (TPSA) is 50.1 Å². The van der Waals surface area contributed by atoms with Gasteiger partial charge in [-0.05, 0) is 35.7 Å². The molecule has 0 unspecified atom stereocenters. The molecule has 3 aromatic carbocycles. The van der Waals surface area contributed by atoms with Gasteiger partial charge in [0, 0.05) is 44.5 Å². The maximum absolute atomic E-state index is 12.8. The molecular weight excluding hydrogens is 496 g/mol. The Balaban J connectivity index is 1.18. The number of hydrogen-bond donors (Lipinski definition) is 0. The molecule has 5 aromatic rings. The first kappa shape index (κ1) is 26.0. The SMILES string of the molecule is Cc1cccc(-c2ccc3nc(-c4ccccc4)c(CN4CCN(C(=O)COCc5ccccc5)CC4)n3c2)c1. The lowest BCUT2D eigenvalue weighted by Crippen LogP contribution is -2.49. The minimum absolute atomic E-state index is 0.0538. The predicted octanol–water partition coefficient (Wildman–Crippen LogP) is 5.84. The lowest BCUT2D eigenvalue weighted by atomic mass is 10.1. The maximum atomic E-state index is 12.8. The zero-order chi connectivity index (χ0) is 27.3. The van der Waals surface area contributed by atoms with Gasteiger partial charge in [0.15, 0.2) is 0 Å². The largest absolute Gasteiger partial charge is 0.367 e. The number of pyridine rings is 1. The first-order chi connectivity index (χ1) is 19.6. The van der Waals surface area contributed by atoms with E-state index in [2.05, 4.69) is 83.1 Å². The van der Waals surface area contributed by atoms with E-state index in [9.17, 15) is 4.79 Å². The number of piperazine rings is 1. The van der Waals surface area contributed by atoms with Gasteiger partial charge in [-0.2, -0.15) is 0 Å². The summed E-state index contributed by atoms with van der Waals surface area (Å²) in [7, 11) is 0. The molecule has 0 radical (unpaired) electrons. The molecule has 1 aliphatic heterocycles. The summed E-state index contributed by atoms with van der Waals surface area (Å²) < 4.78 is 7.94. The molecule has 0 N–H and O–H groups in total. The van der Waals surface area contributed by atoms with E-state index >= 15 is 0 Å². The number of carbonyl (C=O) groups excluding carboxylic acids is 1. The van der Waals surface area contributed by atoms with Crippen molar-refractivity contribution < 1.29 is 9.53 Å². The van der Waals surface area contributed by atoms with Crippen molar-refractivity contribution in [2.75, 3.05) is 32.8 Å². The molecule has 0 saturated carbocycles. The quantitative estimate of drug-likeness (QED) is 0.253. The Hall–Kier alpha value is -4.26. The standard InChI is InChI=1S/C34H34N4O2/c1-26-9-8-14-29(21-26)30-15-16-32-35-34(28-12-6-3-7-13-28)31(38(32)22-30)23-36-17-19-37(20-18-36)33(39)25-40-24-27-10-4-2-5-11-27/h2-16,21-22H,17-20,23-25H2,1H3. The monoisotopic (exact) mass is 530 g/mol. The molecule has 202 valence electrons. The number of imidazole rings is 1. The van der Waals surface area contributed by atoms with E-state index in [1.165, 1.54) is 22.4 Å². The van der Waals surface area contributed by atoms with Gasteiger partial charge in [-0.3, -0.25) is 9.69 Å². The summed E-state index contributed by atoms with van der Waals surface area (Å²) in [5.41, 5.74) is 8.91. The van der Waals surface area contributed by atoms with Crippen LogP contribution in [0.1, 0.15) is 16.8 Å². The van der Waals surface area contributed by atoms with Gasteiger partial charge in [-0.25, -0.2) is 4.98 Å². The molecule has 0 aliphatic carbocycles. The van der Waals surface area contributed by atoms with Crippen LogP contribution in [0.5, 0.6) is 0 Å². The smallest absolute Gasteiger partial charge is 0.248 e. The Morgan fingerprint density at radius 1 is 0.800 bits per heavy atom. The van der Waals surface area contributed by atoms with Gasteiger partial charge < -0.3 is 14.0 Å². The van der Waals surface area contributed by atoms with Crippen LogP contribution < -0.4 is 0 Å². The van der Waals surface area contributed by atoms with E-state index < -0.39 is 0 Å². The van der Waals surface area contributed by atoms with Gasteiger partial charge in [0.2, 0.25) is 5.91 Å². The minimum atomic E-state index is 0.0538. The molecular formula is C34H34N4O2. The third kappa shape index (κ3) is 5.83. The molecule has 0 atom stereocenters. The van der Waals surface area contributed by atoms with Crippen LogP contribution in [0, 0.1) is 6.92 Å². The molecule has 1 amide bonds. The number of hydrogen-bond acceptors (Lipinski definition) is 4. The number of ether oxygens (including phenoxy) is 1. The lowest BCUT2D eigenvalue weighted by Gasteiger charge is -2.34. The van der Waals surface area contributed by atoms with Gasteiger partial charge in [-0.1, -0.05) is 90.5 Å². The Labute approximate surface area is 235 Å². The number of fused-ring (bicyclic) bond motifs is 1. The lowest BCUT2D eigenvalue weighted by molar-refractivity contribution is -0.138. The van der Waals surface area contributed by atoms with Crippen LogP contribution in [0.4, 0.5) is 0 Å². The van der Waals surface area contributed by atoms with Crippen LogP contribution in [0.3, 0.4) is 0 Å². The molecule has 1 fully saturated rings. The van der Waals surface area contributed by atoms with Crippen LogP contribution in [0.2, 0.25) is 0 Å². The third-order valence-electron chi connectivity index (χ3n) is 7.55. The third-order valence-corrected chi connectivity index (χ3v) is 7.55. The van der Waals surface area contributed by atoms with Gasteiger partial charge in [0.1, 0.15) is 12.3 Å². The number of nitrogens with zero attached hydrogens (tertiary/aromatic N) is 4. The first-order valence-electron chi connectivity index (χ1n) is 13.9. The minimum Gasteiger partial charge on any atom is -0.367 e. The Morgan fingerprint density at radius 2 is 1.52 bits per heavy atom. The molecule has 6 rings (SSSR count). The molecule has 0 spiro atoms. The average molecular weight is 531 g/mol. The maximum Gasteiger partial charge on any atom is 0.248 e. The van der Waals surface area contributed by atoms with Gasteiger partial charge >= 0.3 is 0 Å². The summed E-state index contributed by atoms with van der Waals surface area (Å²) in [6, 6.07) is 33.2. The first-order valence-corrected chi connectivity index (χ1v) is 13.9. The molecule has 3 heterocycles. The molecule has 40 heavy (non-hydrogen) atoms. The zero-order valence-electron chi connectivity index (χ0n) is 22.9. The van der Waals surface area contributed by atoms with Crippen LogP contribution in [0.15, 0.2) is 103 Å².